The third-order valence-corrected chi connectivity index (χ3v) is 4.50. The Bertz CT molecular complexity index is 511. The Labute approximate surface area is 120 Å². The van der Waals surface area contributed by atoms with Crippen LogP contribution in [0.1, 0.15) is 44.7 Å². The highest BCUT2D eigenvalue weighted by Crippen LogP contribution is 2.41. The summed E-state index contributed by atoms with van der Waals surface area (Å²) in [5.41, 5.74) is 2.41. The average molecular weight is 276 g/mol. The summed E-state index contributed by atoms with van der Waals surface area (Å²) in [6.07, 6.45) is 2.40. The van der Waals surface area contributed by atoms with Gasteiger partial charge in [-0.05, 0) is 36.7 Å². The summed E-state index contributed by atoms with van der Waals surface area (Å²) >= 11 is 0. The number of nitro benzene ring substituents is 1. The van der Waals surface area contributed by atoms with Crippen LogP contribution in [0.25, 0.3) is 0 Å². The SMILES string of the molecule is Cc1c(CNC2CC(C)(C)CC2C)cccc1[N+](=O)[O-]. The molecule has 2 atom stereocenters. The summed E-state index contributed by atoms with van der Waals surface area (Å²) in [4.78, 5) is 10.7. The van der Waals surface area contributed by atoms with E-state index in [-0.39, 0.29) is 10.6 Å². The highest BCUT2D eigenvalue weighted by atomic mass is 16.6. The highest BCUT2D eigenvalue weighted by molar-refractivity contribution is 5.44. The Morgan fingerprint density at radius 1 is 1.40 bits per heavy atom. The minimum absolute atomic E-state index is 0.212. The zero-order valence-corrected chi connectivity index (χ0v) is 12.8. The first-order valence-electron chi connectivity index (χ1n) is 7.26. The lowest BCUT2D eigenvalue weighted by Crippen LogP contribution is -2.31. The average Bonchev–Trinajstić information content (AvgIpc) is 2.60. The minimum atomic E-state index is -0.305. The summed E-state index contributed by atoms with van der Waals surface area (Å²) < 4.78 is 0. The maximum Gasteiger partial charge on any atom is 0.272 e. The number of nitrogens with one attached hydrogen (secondary N) is 1. The topological polar surface area (TPSA) is 55.2 Å². The van der Waals surface area contributed by atoms with Gasteiger partial charge in [-0.2, -0.15) is 0 Å². The van der Waals surface area contributed by atoms with Crippen LogP contribution in [-0.4, -0.2) is 11.0 Å². The lowest BCUT2D eigenvalue weighted by Gasteiger charge is -2.19. The van der Waals surface area contributed by atoms with Crippen LogP contribution in [0.3, 0.4) is 0 Å². The van der Waals surface area contributed by atoms with Gasteiger partial charge in [-0.1, -0.05) is 32.9 Å². The molecule has 1 N–H and O–H groups in total. The normalized spacial score (nSPS) is 24.8. The van der Waals surface area contributed by atoms with Crippen molar-refractivity contribution in [3.8, 4) is 0 Å². The smallest absolute Gasteiger partial charge is 0.272 e. The van der Waals surface area contributed by atoms with E-state index in [2.05, 4.69) is 26.1 Å². The number of rotatable bonds is 4. The predicted molar refractivity (Wildman–Crippen MR) is 80.6 cm³/mol. The molecule has 4 heteroatoms. The second-order valence-electron chi connectivity index (χ2n) is 6.86. The molecule has 0 bridgehead atoms. The molecule has 110 valence electrons. The summed E-state index contributed by atoms with van der Waals surface area (Å²) in [5, 5.41) is 14.5. The van der Waals surface area contributed by atoms with E-state index < -0.39 is 0 Å². The Hall–Kier alpha value is -1.42. The molecule has 2 rings (SSSR count). The van der Waals surface area contributed by atoms with Gasteiger partial charge < -0.3 is 5.32 Å². The molecule has 0 aromatic heterocycles. The van der Waals surface area contributed by atoms with Gasteiger partial charge in [0.1, 0.15) is 0 Å². The third kappa shape index (κ3) is 3.18. The molecule has 1 saturated carbocycles. The molecular weight excluding hydrogens is 252 g/mol. The van der Waals surface area contributed by atoms with Crippen molar-refractivity contribution in [2.75, 3.05) is 0 Å². The lowest BCUT2D eigenvalue weighted by atomic mass is 9.91. The Balaban J connectivity index is 2.05. The molecule has 1 aromatic rings. The van der Waals surface area contributed by atoms with Crippen LogP contribution in [0.5, 0.6) is 0 Å². The van der Waals surface area contributed by atoms with Crippen molar-refractivity contribution < 1.29 is 4.92 Å². The van der Waals surface area contributed by atoms with E-state index in [1.165, 1.54) is 12.8 Å². The van der Waals surface area contributed by atoms with Gasteiger partial charge >= 0.3 is 0 Å². The molecule has 1 aromatic carbocycles. The Kier molecular flexibility index (Phi) is 4.14. The fourth-order valence-electron chi connectivity index (χ4n) is 3.47. The van der Waals surface area contributed by atoms with Gasteiger partial charge in [0.2, 0.25) is 0 Å². The van der Waals surface area contributed by atoms with E-state index >= 15 is 0 Å². The fraction of sp³-hybridized carbons (Fsp3) is 0.625. The lowest BCUT2D eigenvalue weighted by molar-refractivity contribution is -0.385. The Morgan fingerprint density at radius 2 is 2.10 bits per heavy atom. The Morgan fingerprint density at radius 3 is 2.65 bits per heavy atom. The molecule has 0 heterocycles. The second-order valence-corrected chi connectivity index (χ2v) is 6.86. The number of hydrogen-bond acceptors (Lipinski definition) is 3. The molecule has 0 radical (unpaired) electrons. The van der Waals surface area contributed by atoms with Gasteiger partial charge in [0, 0.05) is 24.2 Å². The van der Waals surface area contributed by atoms with Crippen LogP contribution >= 0.6 is 0 Å². The summed E-state index contributed by atoms with van der Waals surface area (Å²) in [7, 11) is 0. The van der Waals surface area contributed by atoms with Crippen LogP contribution in [-0.2, 0) is 6.54 Å². The maximum atomic E-state index is 11.0. The van der Waals surface area contributed by atoms with Crippen molar-refractivity contribution in [1.29, 1.82) is 0 Å². The van der Waals surface area contributed by atoms with Crippen molar-refractivity contribution in [3.05, 3.63) is 39.4 Å². The quantitative estimate of drug-likeness (QED) is 0.672. The van der Waals surface area contributed by atoms with Gasteiger partial charge in [0.25, 0.3) is 5.69 Å². The van der Waals surface area contributed by atoms with Crippen molar-refractivity contribution in [3.63, 3.8) is 0 Å². The molecule has 1 aliphatic carbocycles. The van der Waals surface area contributed by atoms with E-state index in [1.807, 2.05) is 13.0 Å². The van der Waals surface area contributed by atoms with Crippen molar-refractivity contribution in [2.24, 2.45) is 11.3 Å². The van der Waals surface area contributed by atoms with Gasteiger partial charge in [-0.25, -0.2) is 0 Å². The van der Waals surface area contributed by atoms with Crippen molar-refractivity contribution >= 4 is 5.69 Å². The number of benzene rings is 1. The zero-order valence-electron chi connectivity index (χ0n) is 12.8. The van der Waals surface area contributed by atoms with Crippen LogP contribution in [0.4, 0.5) is 5.69 Å². The molecule has 0 saturated heterocycles. The zero-order chi connectivity index (χ0) is 14.9. The molecule has 0 amide bonds. The number of hydrogen-bond donors (Lipinski definition) is 1. The number of nitro groups is 1. The largest absolute Gasteiger partial charge is 0.310 e. The molecule has 2 unspecified atom stereocenters. The van der Waals surface area contributed by atoms with Gasteiger partial charge in [-0.15, -0.1) is 0 Å². The van der Waals surface area contributed by atoms with Crippen LogP contribution in [0, 0.1) is 28.4 Å². The van der Waals surface area contributed by atoms with Crippen molar-refractivity contribution in [1.82, 2.24) is 5.32 Å². The fourth-order valence-corrected chi connectivity index (χ4v) is 3.47. The number of nitrogens with zero attached hydrogens (tertiary/aromatic N) is 1. The first-order valence-corrected chi connectivity index (χ1v) is 7.26. The van der Waals surface area contributed by atoms with E-state index in [0.29, 0.717) is 23.9 Å². The van der Waals surface area contributed by atoms with Crippen LogP contribution in [0.15, 0.2) is 18.2 Å². The second kappa shape index (κ2) is 5.52. The molecule has 0 aliphatic heterocycles. The summed E-state index contributed by atoms with van der Waals surface area (Å²) in [6, 6.07) is 5.81. The van der Waals surface area contributed by atoms with Crippen LogP contribution in [0.2, 0.25) is 0 Å². The van der Waals surface area contributed by atoms with Gasteiger partial charge in [0.05, 0.1) is 4.92 Å². The van der Waals surface area contributed by atoms with Gasteiger partial charge in [0.15, 0.2) is 0 Å². The standard InChI is InChI=1S/C16H24N2O2/c1-11-8-16(3,4)9-14(11)17-10-13-6-5-7-15(12(13)2)18(19)20/h5-7,11,14,17H,8-10H2,1-4H3. The third-order valence-electron chi connectivity index (χ3n) is 4.50. The summed E-state index contributed by atoms with van der Waals surface area (Å²) in [5.74, 6) is 0.656. The van der Waals surface area contributed by atoms with E-state index in [1.54, 1.807) is 12.1 Å². The molecule has 1 aliphatic rings. The highest BCUT2D eigenvalue weighted by Gasteiger charge is 2.36. The van der Waals surface area contributed by atoms with Gasteiger partial charge in [-0.3, -0.25) is 10.1 Å². The minimum Gasteiger partial charge on any atom is -0.310 e. The first-order chi connectivity index (χ1) is 9.30. The summed E-state index contributed by atoms with van der Waals surface area (Å²) in [6.45, 7) is 9.44. The molecule has 0 spiro atoms. The molecule has 20 heavy (non-hydrogen) atoms. The predicted octanol–water partition coefficient (Wildman–Crippen LogP) is 3.82. The van der Waals surface area contributed by atoms with Crippen molar-refractivity contribution in [2.45, 2.75) is 53.1 Å². The first kappa shape index (κ1) is 15.0. The maximum absolute atomic E-state index is 11.0. The van der Waals surface area contributed by atoms with E-state index in [4.69, 9.17) is 0 Å². The molecule has 1 fully saturated rings. The molecule has 4 nitrogen and oxygen atoms in total. The van der Waals surface area contributed by atoms with Crippen LogP contribution < -0.4 is 5.32 Å². The monoisotopic (exact) mass is 276 g/mol. The van der Waals surface area contributed by atoms with E-state index in [9.17, 15) is 10.1 Å². The van der Waals surface area contributed by atoms with E-state index in [0.717, 1.165) is 11.1 Å². The molecular formula is C16H24N2O2.